The first-order valence-corrected chi connectivity index (χ1v) is 16.1. The van der Waals surface area contributed by atoms with Crippen molar-refractivity contribution in [3.63, 3.8) is 0 Å². The Morgan fingerprint density at radius 1 is 1.03 bits per heavy atom. The van der Waals surface area contributed by atoms with E-state index in [1.807, 2.05) is 4.90 Å². The van der Waals surface area contributed by atoms with Gasteiger partial charge in [0.2, 0.25) is 5.91 Å². The largest absolute Gasteiger partial charge is 0.442 e. The van der Waals surface area contributed by atoms with Gasteiger partial charge in [0.25, 0.3) is 0 Å². The number of likely N-dealkylation sites (tertiary alicyclic amines) is 2. The predicted octanol–water partition coefficient (Wildman–Crippen LogP) is 4.27. The van der Waals surface area contributed by atoms with E-state index in [2.05, 4.69) is 42.8 Å². The van der Waals surface area contributed by atoms with Crippen molar-refractivity contribution >= 4 is 12.0 Å². The van der Waals surface area contributed by atoms with Gasteiger partial charge in [-0.1, -0.05) is 26.7 Å². The molecule has 1 spiro atoms. The molecule has 0 aromatic rings. The first-order valence-electron chi connectivity index (χ1n) is 16.1. The smallest absolute Gasteiger partial charge is 0.410 e. The summed E-state index contributed by atoms with van der Waals surface area (Å²) in [5.41, 5.74) is -0.218. The normalized spacial score (nSPS) is 34.2. The first-order chi connectivity index (χ1) is 18.8. The van der Waals surface area contributed by atoms with Gasteiger partial charge in [0, 0.05) is 82.3 Å². The van der Waals surface area contributed by atoms with E-state index in [1.54, 1.807) is 0 Å². The van der Waals surface area contributed by atoms with Crippen molar-refractivity contribution in [3.8, 4) is 0 Å². The van der Waals surface area contributed by atoms with E-state index in [0.29, 0.717) is 17.7 Å². The highest BCUT2D eigenvalue weighted by Gasteiger charge is 2.52. The Kier molecular flexibility index (Phi) is 9.14. The van der Waals surface area contributed by atoms with Crippen LogP contribution in [0.5, 0.6) is 0 Å². The predicted molar refractivity (Wildman–Crippen MR) is 153 cm³/mol. The van der Waals surface area contributed by atoms with Gasteiger partial charge in [-0.15, -0.1) is 0 Å². The molecule has 4 atom stereocenters. The monoisotopic (exact) mass is 546 g/mol. The quantitative estimate of drug-likeness (QED) is 0.536. The van der Waals surface area contributed by atoms with Crippen LogP contribution in [0, 0.1) is 17.8 Å². The molecule has 5 fully saturated rings. The number of hydrogen-bond acceptors (Lipinski definition) is 6. The van der Waals surface area contributed by atoms with E-state index >= 15 is 0 Å². The van der Waals surface area contributed by atoms with Crippen molar-refractivity contribution < 1.29 is 19.1 Å². The summed E-state index contributed by atoms with van der Waals surface area (Å²) < 4.78 is 12.0. The molecule has 5 aliphatic heterocycles. The fourth-order valence-corrected chi connectivity index (χ4v) is 8.36. The maximum Gasteiger partial charge on any atom is 0.410 e. The second-order valence-corrected chi connectivity index (χ2v) is 13.6. The van der Waals surface area contributed by atoms with Crippen LogP contribution in [0.2, 0.25) is 0 Å². The molecule has 2 amide bonds. The third-order valence-electron chi connectivity index (χ3n) is 11.3. The lowest BCUT2D eigenvalue weighted by atomic mass is 9.73. The summed E-state index contributed by atoms with van der Waals surface area (Å²) in [5, 5.41) is 3.52. The third kappa shape index (κ3) is 5.99. The summed E-state index contributed by atoms with van der Waals surface area (Å²) in [6.07, 6.45) is 10.2. The molecule has 5 heterocycles. The molecule has 5 saturated heterocycles. The Hall–Kier alpha value is -1.38. The number of unbranched alkanes of at least 4 members (excludes halogenated alkanes) is 1. The molecule has 0 saturated carbocycles. The first kappa shape index (κ1) is 29.1. The maximum absolute atomic E-state index is 13.5. The van der Waals surface area contributed by atoms with Gasteiger partial charge < -0.3 is 24.6 Å². The van der Waals surface area contributed by atoms with E-state index in [9.17, 15) is 9.59 Å². The fraction of sp³-hybridized carbons (Fsp3) is 0.935. The Labute approximate surface area is 236 Å². The van der Waals surface area contributed by atoms with E-state index in [4.69, 9.17) is 9.47 Å². The Balaban J connectivity index is 1.19. The van der Waals surface area contributed by atoms with Gasteiger partial charge in [-0.25, -0.2) is 4.79 Å². The molecule has 39 heavy (non-hydrogen) atoms. The molecule has 222 valence electrons. The molecule has 0 radical (unpaired) electrons. The molecular weight excluding hydrogens is 492 g/mol. The second-order valence-electron chi connectivity index (χ2n) is 13.6. The van der Waals surface area contributed by atoms with Crippen LogP contribution in [0.3, 0.4) is 0 Å². The van der Waals surface area contributed by atoms with Gasteiger partial charge in [0.1, 0.15) is 5.60 Å². The summed E-state index contributed by atoms with van der Waals surface area (Å²) in [5.74, 6) is 1.30. The zero-order valence-corrected chi connectivity index (χ0v) is 25.1. The Bertz CT molecular complexity index is 836. The van der Waals surface area contributed by atoms with E-state index < -0.39 is 0 Å². The van der Waals surface area contributed by atoms with Crippen LogP contribution in [0.4, 0.5) is 4.79 Å². The van der Waals surface area contributed by atoms with Gasteiger partial charge in [-0.05, 0) is 64.8 Å². The summed E-state index contributed by atoms with van der Waals surface area (Å²) in [6.45, 7) is 16.0. The molecule has 5 aliphatic rings. The van der Waals surface area contributed by atoms with Gasteiger partial charge in [-0.2, -0.15) is 0 Å². The average Bonchev–Trinajstić information content (AvgIpc) is 2.93. The zero-order valence-electron chi connectivity index (χ0n) is 25.1. The second kappa shape index (κ2) is 12.2. The molecular formula is C31H54N4O4. The summed E-state index contributed by atoms with van der Waals surface area (Å²) in [6, 6.07) is 0.518. The van der Waals surface area contributed by atoms with Crippen LogP contribution in [-0.2, 0) is 14.3 Å². The van der Waals surface area contributed by atoms with Crippen molar-refractivity contribution in [3.05, 3.63) is 0 Å². The highest BCUT2D eigenvalue weighted by molar-refractivity contribution is 5.80. The van der Waals surface area contributed by atoms with Crippen molar-refractivity contribution in [1.29, 1.82) is 0 Å². The number of rotatable bonds is 6. The van der Waals surface area contributed by atoms with Crippen molar-refractivity contribution in [2.75, 3.05) is 52.5 Å². The minimum atomic E-state index is -0.322. The van der Waals surface area contributed by atoms with Crippen LogP contribution >= 0.6 is 0 Å². The van der Waals surface area contributed by atoms with Gasteiger partial charge in [-0.3, -0.25) is 9.69 Å². The van der Waals surface area contributed by atoms with Crippen LogP contribution in [0.25, 0.3) is 0 Å². The lowest BCUT2D eigenvalue weighted by Gasteiger charge is -2.55. The molecule has 5 rings (SSSR count). The number of carbonyl (C=O) groups excluding carboxylic acids is 2. The van der Waals surface area contributed by atoms with Crippen molar-refractivity contribution in [2.45, 2.75) is 115 Å². The Morgan fingerprint density at radius 3 is 2.36 bits per heavy atom. The van der Waals surface area contributed by atoms with E-state index in [0.717, 1.165) is 104 Å². The van der Waals surface area contributed by atoms with Gasteiger partial charge in [0.15, 0.2) is 0 Å². The zero-order chi connectivity index (χ0) is 27.6. The molecule has 8 nitrogen and oxygen atoms in total. The molecule has 0 aliphatic carbocycles. The number of piperidine rings is 3. The minimum absolute atomic E-state index is 0.0956. The van der Waals surface area contributed by atoms with Crippen LogP contribution < -0.4 is 5.32 Å². The molecule has 8 heteroatoms. The fourth-order valence-electron chi connectivity index (χ4n) is 8.36. The number of nitrogens with one attached hydrogen (secondary N) is 1. The summed E-state index contributed by atoms with van der Waals surface area (Å²) in [7, 11) is 0. The van der Waals surface area contributed by atoms with Crippen LogP contribution in [0.1, 0.15) is 91.9 Å². The number of amides is 2. The minimum Gasteiger partial charge on any atom is -0.442 e. The van der Waals surface area contributed by atoms with E-state index in [-0.39, 0.29) is 35.2 Å². The van der Waals surface area contributed by atoms with Gasteiger partial charge in [0.05, 0.1) is 5.92 Å². The lowest BCUT2D eigenvalue weighted by molar-refractivity contribution is -0.147. The molecule has 0 bridgehead atoms. The van der Waals surface area contributed by atoms with E-state index in [1.165, 1.54) is 12.8 Å². The average molecular weight is 547 g/mol. The topological polar surface area (TPSA) is 74.3 Å². The lowest BCUT2D eigenvalue weighted by Crippen LogP contribution is -2.65. The molecule has 3 unspecified atom stereocenters. The van der Waals surface area contributed by atoms with Crippen LogP contribution in [0.15, 0.2) is 0 Å². The highest BCUT2D eigenvalue weighted by atomic mass is 16.6. The molecule has 0 aromatic heterocycles. The van der Waals surface area contributed by atoms with Crippen LogP contribution in [-0.4, -0.2) is 102 Å². The SMILES string of the molecule is CCCC[C@H]1CN(C2CCOCC2)C(=O)OC12CCN(C1(C)CCN(C(=O)C3C(C)CCNC3C)CC1)CC2. The number of ether oxygens (including phenoxy) is 2. The summed E-state index contributed by atoms with van der Waals surface area (Å²) >= 11 is 0. The summed E-state index contributed by atoms with van der Waals surface area (Å²) in [4.78, 5) is 33.6. The Morgan fingerprint density at radius 2 is 1.72 bits per heavy atom. The highest BCUT2D eigenvalue weighted by Crippen LogP contribution is 2.44. The standard InChI is InChI=1S/C31H54N4O4/c1-5-6-7-25-22-35(26-9-20-38-21-10-26)29(37)39-31(25)13-18-34(19-14-31)30(4)11-16-33(17-12-30)28(36)27-23(2)8-15-32-24(27)3/h23-27,32H,5-22H2,1-4H3/t23?,24?,25-,27?/m0/s1. The van der Waals surface area contributed by atoms with Crippen molar-refractivity contribution in [2.24, 2.45) is 17.8 Å². The molecule has 1 N–H and O–H groups in total. The number of nitrogens with zero attached hydrogens (tertiary/aromatic N) is 3. The maximum atomic E-state index is 13.5. The molecule has 0 aromatic carbocycles. The van der Waals surface area contributed by atoms with Gasteiger partial charge >= 0.3 is 6.09 Å². The third-order valence-corrected chi connectivity index (χ3v) is 11.3. The number of hydrogen-bond donors (Lipinski definition) is 1. The number of carbonyl (C=O) groups is 2. The van der Waals surface area contributed by atoms with Crippen molar-refractivity contribution in [1.82, 2.24) is 20.0 Å².